The molecule has 7 heteroatoms. The molecule has 128 valence electrons. The van der Waals surface area contributed by atoms with Gasteiger partial charge in [0.15, 0.2) is 5.75 Å². The normalized spacial score (nSPS) is 11.2. The lowest BCUT2D eigenvalue weighted by Crippen LogP contribution is -2.03. The van der Waals surface area contributed by atoms with E-state index in [0.717, 1.165) is 0 Å². The van der Waals surface area contributed by atoms with Gasteiger partial charge in [-0.1, -0.05) is 29.3 Å². The van der Waals surface area contributed by atoms with Crippen LogP contribution in [0.25, 0.3) is 6.08 Å². The molecule has 0 aliphatic carbocycles. The molecular weight excluding hydrogens is 363 g/mol. The summed E-state index contributed by atoms with van der Waals surface area (Å²) in [5.41, 5.74) is 0.500. The third-order valence-corrected chi connectivity index (χ3v) is 4.03. The number of furan rings is 1. The molecule has 0 saturated heterocycles. The second kappa shape index (κ2) is 7.59. The van der Waals surface area contributed by atoms with E-state index in [0.29, 0.717) is 33.0 Å². The van der Waals surface area contributed by atoms with Gasteiger partial charge in [0.1, 0.15) is 23.8 Å². The Morgan fingerprint density at radius 3 is 2.68 bits per heavy atom. The lowest BCUT2D eigenvalue weighted by Gasteiger charge is -2.07. The number of aromatic nitrogens is 2. The van der Waals surface area contributed by atoms with Gasteiger partial charge in [-0.3, -0.25) is 9.48 Å². The predicted octanol–water partition coefficient (Wildman–Crippen LogP) is 4.80. The molecule has 3 rings (SSSR count). The van der Waals surface area contributed by atoms with Gasteiger partial charge in [-0.15, -0.1) is 0 Å². The maximum Gasteiger partial charge on any atom is 0.203 e. The van der Waals surface area contributed by atoms with Crippen LogP contribution < -0.4 is 4.74 Å². The average molecular weight is 377 g/mol. The number of para-hydroxylation sites is 1. The van der Waals surface area contributed by atoms with E-state index in [-0.39, 0.29) is 12.4 Å². The number of ether oxygens (including phenoxy) is 1. The van der Waals surface area contributed by atoms with Crippen molar-refractivity contribution in [3.05, 3.63) is 75.9 Å². The fraction of sp³-hybridized carbons (Fsp3) is 0.111. The summed E-state index contributed by atoms with van der Waals surface area (Å²) in [6.45, 7) is 0.174. The Morgan fingerprint density at radius 2 is 2.00 bits per heavy atom. The van der Waals surface area contributed by atoms with Crippen molar-refractivity contribution < 1.29 is 13.9 Å². The number of nitrogens with zero attached hydrogens (tertiary/aromatic N) is 2. The molecular formula is C18H14Cl2N2O3. The summed E-state index contributed by atoms with van der Waals surface area (Å²) in [6, 6.07) is 10.3. The Labute approximate surface area is 154 Å². The van der Waals surface area contributed by atoms with Gasteiger partial charge in [0, 0.05) is 13.2 Å². The van der Waals surface area contributed by atoms with Crippen LogP contribution in [0.2, 0.25) is 10.0 Å². The molecule has 0 fully saturated rings. The van der Waals surface area contributed by atoms with E-state index in [1.165, 1.54) is 10.8 Å². The maximum atomic E-state index is 12.0. The zero-order valence-corrected chi connectivity index (χ0v) is 14.8. The van der Waals surface area contributed by atoms with Crippen molar-refractivity contribution in [1.29, 1.82) is 0 Å². The molecule has 2 aromatic heterocycles. The third kappa shape index (κ3) is 4.13. The van der Waals surface area contributed by atoms with Crippen molar-refractivity contribution >= 4 is 35.1 Å². The molecule has 0 unspecified atom stereocenters. The molecule has 0 saturated carbocycles. The minimum atomic E-state index is -0.156. The zero-order chi connectivity index (χ0) is 17.8. The van der Waals surface area contributed by atoms with Gasteiger partial charge in [-0.2, -0.15) is 5.10 Å². The monoisotopic (exact) mass is 376 g/mol. The minimum Gasteiger partial charge on any atom is -0.483 e. The number of carbonyl (C=O) groups excluding carboxylic acids is 1. The van der Waals surface area contributed by atoms with E-state index in [1.54, 1.807) is 55.7 Å². The number of hydrogen-bond donors (Lipinski definition) is 0. The standard InChI is InChI=1S/C18H14Cl2N2O3/c1-22-16(9-10-21-22)17(23)8-7-12-5-6-13(25-12)11-24-18-14(19)3-2-4-15(18)20/h2-10H,11H2,1H3/b8-7-. The molecule has 0 aliphatic rings. The molecule has 0 spiro atoms. The fourth-order valence-corrected chi connectivity index (χ4v) is 2.69. The minimum absolute atomic E-state index is 0.156. The molecule has 0 aliphatic heterocycles. The summed E-state index contributed by atoms with van der Waals surface area (Å²) >= 11 is 12.1. The first-order valence-corrected chi connectivity index (χ1v) is 8.16. The summed E-state index contributed by atoms with van der Waals surface area (Å²) in [5.74, 6) is 1.38. The van der Waals surface area contributed by atoms with Crippen LogP contribution in [0.5, 0.6) is 5.75 Å². The highest BCUT2D eigenvalue weighted by Crippen LogP contribution is 2.33. The van der Waals surface area contributed by atoms with E-state index in [4.69, 9.17) is 32.4 Å². The van der Waals surface area contributed by atoms with Gasteiger partial charge in [0.25, 0.3) is 0 Å². The van der Waals surface area contributed by atoms with Gasteiger partial charge in [-0.25, -0.2) is 0 Å². The third-order valence-electron chi connectivity index (χ3n) is 3.43. The number of ketones is 1. The number of aryl methyl sites for hydroxylation is 1. The summed E-state index contributed by atoms with van der Waals surface area (Å²) in [5, 5.41) is 4.83. The van der Waals surface area contributed by atoms with E-state index in [2.05, 4.69) is 5.10 Å². The van der Waals surface area contributed by atoms with Crippen molar-refractivity contribution in [3.8, 4) is 5.75 Å². The van der Waals surface area contributed by atoms with Gasteiger partial charge >= 0.3 is 0 Å². The summed E-state index contributed by atoms with van der Waals surface area (Å²) in [4.78, 5) is 12.0. The van der Waals surface area contributed by atoms with Crippen molar-refractivity contribution in [2.24, 2.45) is 7.05 Å². The van der Waals surface area contributed by atoms with E-state index < -0.39 is 0 Å². The quantitative estimate of drug-likeness (QED) is 0.458. The van der Waals surface area contributed by atoms with Crippen molar-refractivity contribution in [1.82, 2.24) is 9.78 Å². The van der Waals surface area contributed by atoms with Crippen molar-refractivity contribution in [2.75, 3.05) is 0 Å². The number of halogens is 2. The highest BCUT2D eigenvalue weighted by Gasteiger charge is 2.09. The van der Waals surface area contributed by atoms with Crippen LogP contribution in [0.15, 0.2) is 53.1 Å². The highest BCUT2D eigenvalue weighted by atomic mass is 35.5. The van der Waals surface area contributed by atoms with Gasteiger partial charge in [0.05, 0.1) is 10.0 Å². The number of rotatable bonds is 6. The number of benzene rings is 1. The molecule has 25 heavy (non-hydrogen) atoms. The van der Waals surface area contributed by atoms with Gasteiger partial charge < -0.3 is 9.15 Å². The number of hydrogen-bond acceptors (Lipinski definition) is 4. The zero-order valence-electron chi connectivity index (χ0n) is 13.3. The van der Waals surface area contributed by atoms with E-state index in [9.17, 15) is 4.79 Å². The Balaban J connectivity index is 1.64. The molecule has 1 aromatic carbocycles. The smallest absolute Gasteiger partial charge is 0.203 e. The second-order valence-corrected chi connectivity index (χ2v) is 6.00. The first-order valence-electron chi connectivity index (χ1n) is 7.40. The Morgan fingerprint density at radius 1 is 1.24 bits per heavy atom. The van der Waals surface area contributed by atoms with Crippen LogP contribution in [0.3, 0.4) is 0 Å². The molecule has 3 aromatic rings. The molecule has 0 amide bonds. The molecule has 0 atom stereocenters. The largest absolute Gasteiger partial charge is 0.483 e. The lowest BCUT2D eigenvalue weighted by molar-refractivity contribution is 0.103. The van der Waals surface area contributed by atoms with Crippen LogP contribution in [-0.2, 0) is 13.7 Å². The fourth-order valence-electron chi connectivity index (χ4n) is 2.18. The van der Waals surface area contributed by atoms with Crippen LogP contribution >= 0.6 is 23.2 Å². The van der Waals surface area contributed by atoms with Crippen molar-refractivity contribution in [3.63, 3.8) is 0 Å². The predicted molar refractivity (Wildman–Crippen MR) is 96.1 cm³/mol. The van der Waals surface area contributed by atoms with Crippen LogP contribution in [-0.4, -0.2) is 15.6 Å². The topological polar surface area (TPSA) is 57.3 Å². The highest BCUT2D eigenvalue weighted by molar-refractivity contribution is 6.37. The molecule has 0 radical (unpaired) electrons. The molecule has 0 bridgehead atoms. The van der Waals surface area contributed by atoms with E-state index >= 15 is 0 Å². The number of carbonyl (C=O) groups is 1. The van der Waals surface area contributed by atoms with E-state index in [1.807, 2.05) is 0 Å². The first-order chi connectivity index (χ1) is 12.0. The number of allylic oxidation sites excluding steroid dienone is 1. The summed E-state index contributed by atoms with van der Waals surface area (Å²) in [7, 11) is 1.71. The first kappa shape index (κ1) is 17.3. The second-order valence-electron chi connectivity index (χ2n) is 5.18. The lowest BCUT2D eigenvalue weighted by atomic mass is 10.2. The maximum absolute atomic E-state index is 12.0. The van der Waals surface area contributed by atoms with Crippen LogP contribution in [0.4, 0.5) is 0 Å². The molecule has 0 N–H and O–H groups in total. The average Bonchev–Trinajstić information content (AvgIpc) is 3.21. The Bertz CT molecular complexity index is 908. The van der Waals surface area contributed by atoms with Crippen LogP contribution in [0, 0.1) is 0 Å². The molecule has 5 nitrogen and oxygen atoms in total. The summed E-state index contributed by atoms with van der Waals surface area (Å²) < 4.78 is 12.7. The van der Waals surface area contributed by atoms with Crippen LogP contribution in [0.1, 0.15) is 22.0 Å². The summed E-state index contributed by atoms with van der Waals surface area (Å²) in [6.07, 6.45) is 4.61. The van der Waals surface area contributed by atoms with Gasteiger partial charge in [0.2, 0.25) is 5.78 Å². The SMILES string of the molecule is Cn1nccc1C(=O)/C=C\c1ccc(COc2c(Cl)cccc2Cl)o1. The Hall–Kier alpha value is -2.50. The van der Waals surface area contributed by atoms with Gasteiger partial charge in [-0.05, 0) is 42.5 Å². The molecule has 2 heterocycles. The van der Waals surface area contributed by atoms with Crippen molar-refractivity contribution in [2.45, 2.75) is 6.61 Å². The Kier molecular flexibility index (Phi) is 5.26.